The van der Waals surface area contributed by atoms with Crippen LogP contribution in [0.5, 0.6) is 0 Å². The van der Waals surface area contributed by atoms with Gasteiger partial charge < -0.3 is 5.32 Å². The first-order valence-electron chi connectivity index (χ1n) is 4.36. The van der Waals surface area contributed by atoms with E-state index in [-0.39, 0.29) is 17.3 Å². The van der Waals surface area contributed by atoms with Gasteiger partial charge in [-0.15, -0.1) is 0 Å². The van der Waals surface area contributed by atoms with Crippen molar-refractivity contribution in [3.05, 3.63) is 35.4 Å². The number of hydrogen-bond donors (Lipinski definition) is 1. The predicted octanol–water partition coefficient (Wildman–Crippen LogP) is 2.36. The Bertz CT molecular complexity index is 368. The van der Waals surface area contributed by atoms with Crippen LogP contribution in [0.4, 0.5) is 8.78 Å². The molecule has 15 heavy (non-hydrogen) atoms. The molecule has 1 amide bonds. The van der Waals surface area contributed by atoms with Crippen molar-refractivity contribution in [1.82, 2.24) is 5.32 Å². The molecule has 0 saturated heterocycles. The molecule has 0 aliphatic carbocycles. The van der Waals surface area contributed by atoms with Crippen molar-refractivity contribution >= 4 is 21.8 Å². The highest BCUT2D eigenvalue weighted by Crippen LogP contribution is 2.08. The first kappa shape index (κ1) is 12.1. The summed E-state index contributed by atoms with van der Waals surface area (Å²) in [5.41, 5.74) is 0.524. The van der Waals surface area contributed by atoms with Gasteiger partial charge in [0.1, 0.15) is 0 Å². The SMILES string of the molecule is CC(Br)C(=O)NCc1ccc(F)c(F)c1. The van der Waals surface area contributed by atoms with E-state index in [4.69, 9.17) is 0 Å². The zero-order chi connectivity index (χ0) is 11.4. The Kier molecular flexibility index (Phi) is 4.20. The van der Waals surface area contributed by atoms with Gasteiger partial charge >= 0.3 is 0 Å². The maximum absolute atomic E-state index is 12.8. The van der Waals surface area contributed by atoms with Gasteiger partial charge in [0.15, 0.2) is 11.6 Å². The zero-order valence-electron chi connectivity index (χ0n) is 8.06. The smallest absolute Gasteiger partial charge is 0.233 e. The lowest BCUT2D eigenvalue weighted by Gasteiger charge is -2.06. The number of nitrogens with one attached hydrogen (secondary N) is 1. The topological polar surface area (TPSA) is 29.1 Å². The van der Waals surface area contributed by atoms with Gasteiger partial charge in [-0.05, 0) is 24.6 Å². The Balaban J connectivity index is 2.58. The van der Waals surface area contributed by atoms with E-state index in [9.17, 15) is 13.6 Å². The Morgan fingerprint density at radius 3 is 2.67 bits per heavy atom. The molecular weight excluding hydrogens is 268 g/mol. The van der Waals surface area contributed by atoms with E-state index in [0.29, 0.717) is 5.56 Å². The molecule has 1 atom stereocenters. The molecule has 2 nitrogen and oxygen atoms in total. The van der Waals surface area contributed by atoms with Crippen molar-refractivity contribution in [2.75, 3.05) is 0 Å². The minimum atomic E-state index is -0.909. The Labute approximate surface area is 94.8 Å². The number of benzene rings is 1. The third kappa shape index (κ3) is 3.58. The van der Waals surface area contributed by atoms with Crippen LogP contribution in [0.15, 0.2) is 18.2 Å². The second-order valence-electron chi connectivity index (χ2n) is 3.08. The Morgan fingerprint density at radius 2 is 2.13 bits per heavy atom. The van der Waals surface area contributed by atoms with Crippen molar-refractivity contribution in [3.8, 4) is 0 Å². The quantitative estimate of drug-likeness (QED) is 0.845. The standard InChI is InChI=1S/C10H10BrF2NO/c1-6(11)10(15)14-5-7-2-3-8(12)9(13)4-7/h2-4,6H,5H2,1H3,(H,14,15). The summed E-state index contributed by atoms with van der Waals surface area (Å²) in [7, 11) is 0. The van der Waals surface area contributed by atoms with Crippen molar-refractivity contribution in [3.63, 3.8) is 0 Å². The average Bonchev–Trinajstić information content (AvgIpc) is 2.19. The molecule has 1 aromatic carbocycles. The molecule has 0 spiro atoms. The first-order valence-corrected chi connectivity index (χ1v) is 5.28. The van der Waals surface area contributed by atoms with Gasteiger partial charge in [-0.1, -0.05) is 22.0 Å². The zero-order valence-corrected chi connectivity index (χ0v) is 9.64. The van der Waals surface area contributed by atoms with Gasteiger partial charge in [0.05, 0.1) is 4.83 Å². The van der Waals surface area contributed by atoms with Gasteiger partial charge in [-0.2, -0.15) is 0 Å². The molecule has 5 heteroatoms. The molecule has 0 heterocycles. The maximum atomic E-state index is 12.8. The van der Waals surface area contributed by atoms with Gasteiger partial charge in [-0.25, -0.2) is 8.78 Å². The molecule has 1 rings (SSSR count). The van der Waals surface area contributed by atoms with Gasteiger partial charge in [-0.3, -0.25) is 4.79 Å². The highest BCUT2D eigenvalue weighted by molar-refractivity contribution is 9.10. The molecule has 0 saturated carbocycles. The number of amides is 1. The molecule has 0 bridgehead atoms. The van der Waals surface area contributed by atoms with Gasteiger partial charge in [0.25, 0.3) is 0 Å². The normalized spacial score (nSPS) is 12.3. The molecule has 0 aromatic heterocycles. The molecule has 1 aromatic rings. The third-order valence-corrected chi connectivity index (χ3v) is 2.23. The summed E-state index contributed by atoms with van der Waals surface area (Å²) < 4.78 is 25.3. The van der Waals surface area contributed by atoms with Crippen molar-refractivity contribution in [1.29, 1.82) is 0 Å². The Hall–Kier alpha value is -0.970. The Morgan fingerprint density at radius 1 is 1.47 bits per heavy atom. The van der Waals surface area contributed by atoms with Crippen LogP contribution in [0.25, 0.3) is 0 Å². The molecule has 0 aliphatic rings. The van der Waals surface area contributed by atoms with E-state index in [1.165, 1.54) is 6.07 Å². The van der Waals surface area contributed by atoms with Crippen LogP contribution in [-0.2, 0) is 11.3 Å². The molecule has 1 N–H and O–H groups in total. The average molecular weight is 278 g/mol. The number of carbonyl (C=O) groups is 1. The number of carbonyl (C=O) groups excluding carboxylic acids is 1. The van der Waals surface area contributed by atoms with Crippen LogP contribution < -0.4 is 5.32 Å². The summed E-state index contributed by atoms with van der Waals surface area (Å²) in [6, 6.07) is 3.53. The molecule has 0 aliphatic heterocycles. The lowest BCUT2D eigenvalue weighted by atomic mass is 10.2. The number of halogens is 3. The fourth-order valence-corrected chi connectivity index (χ4v) is 1.14. The molecular formula is C10H10BrF2NO. The monoisotopic (exact) mass is 277 g/mol. The summed E-state index contributed by atoms with van der Waals surface area (Å²) in [6.07, 6.45) is 0. The van der Waals surface area contributed by atoms with E-state index in [2.05, 4.69) is 21.2 Å². The summed E-state index contributed by atoms with van der Waals surface area (Å²) >= 11 is 3.09. The van der Waals surface area contributed by atoms with Gasteiger partial charge in [0.2, 0.25) is 5.91 Å². The van der Waals surface area contributed by atoms with E-state index in [1.807, 2.05) is 0 Å². The fourth-order valence-electron chi connectivity index (χ4n) is 0.979. The molecule has 82 valence electrons. The third-order valence-electron chi connectivity index (χ3n) is 1.81. The maximum Gasteiger partial charge on any atom is 0.233 e. The van der Waals surface area contributed by atoms with E-state index in [0.717, 1.165) is 12.1 Å². The summed E-state index contributed by atoms with van der Waals surface area (Å²) in [4.78, 5) is 10.8. The van der Waals surface area contributed by atoms with Crippen LogP contribution in [0.3, 0.4) is 0 Å². The summed E-state index contributed by atoms with van der Waals surface area (Å²) in [6.45, 7) is 1.87. The van der Waals surface area contributed by atoms with Crippen LogP contribution in [-0.4, -0.2) is 10.7 Å². The van der Waals surface area contributed by atoms with Crippen molar-refractivity contribution in [2.24, 2.45) is 0 Å². The van der Waals surface area contributed by atoms with Crippen molar-refractivity contribution < 1.29 is 13.6 Å². The minimum Gasteiger partial charge on any atom is -0.351 e. The van der Waals surface area contributed by atoms with Crippen LogP contribution >= 0.6 is 15.9 Å². The highest BCUT2D eigenvalue weighted by atomic mass is 79.9. The predicted molar refractivity (Wildman–Crippen MR) is 56.6 cm³/mol. The number of alkyl halides is 1. The van der Waals surface area contributed by atoms with E-state index < -0.39 is 11.6 Å². The highest BCUT2D eigenvalue weighted by Gasteiger charge is 2.08. The first-order chi connectivity index (χ1) is 7.00. The van der Waals surface area contributed by atoms with Crippen LogP contribution in [0, 0.1) is 11.6 Å². The van der Waals surface area contributed by atoms with Crippen molar-refractivity contribution in [2.45, 2.75) is 18.3 Å². The largest absolute Gasteiger partial charge is 0.351 e. The molecule has 0 radical (unpaired) electrons. The second-order valence-corrected chi connectivity index (χ2v) is 4.46. The van der Waals surface area contributed by atoms with Gasteiger partial charge in [0, 0.05) is 6.54 Å². The lowest BCUT2D eigenvalue weighted by molar-refractivity contribution is -0.120. The number of hydrogen-bond acceptors (Lipinski definition) is 1. The van der Waals surface area contributed by atoms with Crippen LogP contribution in [0.1, 0.15) is 12.5 Å². The summed E-state index contributed by atoms with van der Waals surface area (Å²) in [5.74, 6) is -1.99. The fraction of sp³-hybridized carbons (Fsp3) is 0.300. The minimum absolute atomic E-state index is 0.186. The summed E-state index contributed by atoms with van der Waals surface area (Å²) in [5, 5.41) is 2.57. The molecule has 1 unspecified atom stereocenters. The second kappa shape index (κ2) is 5.21. The number of rotatable bonds is 3. The van der Waals surface area contributed by atoms with Crippen LogP contribution in [0.2, 0.25) is 0 Å². The van der Waals surface area contributed by atoms with E-state index >= 15 is 0 Å². The molecule has 0 fully saturated rings. The lowest BCUT2D eigenvalue weighted by Crippen LogP contribution is -2.28. The van der Waals surface area contributed by atoms with E-state index in [1.54, 1.807) is 6.92 Å².